The Morgan fingerprint density at radius 2 is 1.64 bits per heavy atom. The quantitative estimate of drug-likeness (QED) is 0.335. The van der Waals surface area contributed by atoms with Gasteiger partial charge >= 0.3 is 15.6 Å². The Morgan fingerprint density at radius 1 is 1.14 bits per heavy atom. The Balaban J connectivity index is 4.20. The van der Waals surface area contributed by atoms with E-state index in [-0.39, 0.29) is 13.2 Å². The van der Waals surface area contributed by atoms with E-state index >= 15 is 0 Å². The van der Waals surface area contributed by atoms with Crippen LogP contribution in [0, 0.1) is 0 Å². The van der Waals surface area contributed by atoms with E-state index in [1.165, 1.54) is 0 Å². The second kappa shape index (κ2) is 5.92. The number of rotatable bonds is 7. The Bertz CT molecular complexity index is 255. The topological polar surface area (TPSA) is 149 Å². The zero-order chi connectivity index (χ0) is 11.2. The molecule has 0 radical (unpaired) electrons. The fourth-order valence-corrected chi connectivity index (χ4v) is 2.32. The molecule has 0 saturated carbocycles. The highest BCUT2D eigenvalue weighted by Gasteiger charge is 2.34. The number of hydrogen-bond donors (Lipinski definition) is 4. The summed E-state index contributed by atoms with van der Waals surface area (Å²) in [5, 5.41) is 8.11. The Kier molecular flexibility index (Phi) is 5.99. The number of aliphatic hydroxyl groups is 1. The van der Waals surface area contributed by atoms with Gasteiger partial charge in [0.1, 0.15) is 0 Å². The van der Waals surface area contributed by atoms with E-state index in [2.05, 4.69) is 13.4 Å². The second-order valence-electron chi connectivity index (χ2n) is 1.90. The van der Waals surface area contributed by atoms with E-state index in [9.17, 15) is 9.13 Å². The first-order valence-electron chi connectivity index (χ1n) is 3.30. The zero-order valence-corrected chi connectivity index (χ0v) is 8.76. The molecule has 0 aromatic carbocycles. The second-order valence-corrected chi connectivity index (χ2v) is 4.94. The van der Waals surface area contributed by atoms with Gasteiger partial charge in [0.05, 0.1) is 6.61 Å². The minimum Gasteiger partial charge on any atom is -0.370 e. The van der Waals surface area contributed by atoms with Crippen LogP contribution >= 0.6 is 15.6 Å². The normalized spacial score (nSPS) is 20.0. The van der Waals surface area contributed by atoms with Crippen molar-refractivity contribution in [3.05, 3.63) is 0 Å². The summed E-state index contributed by atoms with van der Waals surface area (Å²) in [4.78, 5) is 17.4. The van der Waals surface area contributed by atoms with Crippen molar-refractivity contribution < 1.29 is 37.4 Å². The first kappa shape index (κ1) is 14.2. The lowest BCUT2D eigenvalue weighted by Gasteiger charge is -2.14. The monoisotopic (exact) mass is 251 g/mol. The van der Waals surface area contributed by atoms with Crippen molar-refractivity contribution in [2.45, 2.75) is 0 Å². The van der Waals surface area contributed by atoms with Crippen molar-refractivity contribution in [3.63, 3.8) is 0 Å². The number of phosphoric ester groups is 2. The van der Waals surface area contributed by atoms with E-state index in [0.29, 0.717) is 0 Å². The van der Waals surface area contributed by atoms with Crippen LogP contribution in [-0.4, -0.2) is 34.8 Å². The largest absolute Gasteiger partial charge is 0.483 e. The maximum Gasteiger partial charge on any atom is 0.483 e. The minimum atomic E-state index is -4.78. The molecule has 11 heteroatoms. The molecule has 14 heavy (non-hydrogen) atoms. The molecule has 0 fully saturated rings. The van der Waals surface area contributed by atoms with Crippen LogP contribution in [-0.2, 0) is 22.5 Å². The summed E-state index contributed by atoms with van der Waals surface area (Å²) < 4.78 is 33.1. The molecule has 0 aliphatic rings. The molecular formula is C3H11NO8P2. The highest BCUT2D eigenvalue weighted by Crippen LogP contribution is 2.60. The predicted octanol–water partition coefficient (Wildman–Crippen LogP) is -0.855. The Labute approximate surface area is 79.6 Å². The van der Waals surface area contributed by atoms with Crippen LogP contribution in [0.3, 0.4) is 0 Å². The number of nitrogens with two attached hydrogens (primary N) is 1. The van der Waals surface area contributed by atoms with Crippen LogP contribution in [0.4, 0.5) is 0 Å². The van der Waals surface area contributed by atoms with Gasteiger partial charge in [-0.15, -0.1) is 0 Å². The van der Waals surface area contributed by atoms with Crippen LogP contribution < -0.4 is 5.73 Å². The van der Waals surface area contributed by atoms with Crippen LogP contribution in [0.2, 0.25) is 0 Å². The van der Waals surface area contributed by atoms with Crippen LogP contribution in [0.1, 0.15) is 0 Å². The van der Waals surface area contributed by atoms with Crippen molar-refractivity contribution in [1.82, 2.24) is 0 Å². The van der Waals surface area contributed by atoms with Gasteiger partial charge in [-0.25, -0.2) is 9.13 Å². The van der Waals surface area contributed by atoms with Crippen LogP contribution in [0.25, 0.3) is 0 Å². The van der Waals surface area contributed by atoms with Crippen LogP contribution in [0.15, 0.2) is 0 Å². The van der Waals surface area contributed by atoms with Crippen molar-refractivity contribution >= 4 is 15.6 Å². The van der Waals surface area contributed by atoms with E-state index < -0.39 is 22.4 Å². The van der Waals surface area contributed by atoms with Gasteiger partial charge in [0.15, 0.2) is 6.79 Å². The summed E-state index contributed by atoms with van der Waals surface area (Å²) in [5.41, 5.74) is 4.94. The molecule has 0 aliphatic heterocycles. The third-order valence-corrected chi connectivity index (χ3v) is 3.40. The lowest BCUT2D eigenvalue weighted by molar-refractivity contribution is 0.0625. The average molecular weight is 251 g/mol. The fraction of sp³-hybridized carbons (Fsp3) is 1.00. The van der Waals surface area contributed by atoms with Gasteiger partial charge in [0.25, 0.3) is 0 Å². The fourth-order valence-electron chi connectivity index (χ4n) is 0.419. The Morgan fingerprint density at radius 3 is 2.07 bits per heavy atom. The third-order valence-electron chi connectivity index (χ3n) is 0.800. The molecule has 2 unspecified atom stereocenters. The van der Waals surface area contributed by atoms with E-state index in [1.54, 1.807) is 0 Å². The summed E-state index contributed by atoms with van der Waals surface area (Å²) in [5.74, 6) is 0. The smallest absolute Gasteiger partial charge is 0.370 e. The third kappa shape index (κ3) is 6.61. The van der Waals surface area contributed by atoms with Gasteiger partial charge in [-0.1, -0.05) is 0 Å². The van der Waals surface area contributed by atoms with Gasteiger partial charge in [-0.3, -0.25) is 9.05 Å². The standard InChI is InChI=1S/C3H11NO8P2/c4-1-2-10-13(6,7)12-14(8,9)11-3-5/h5H,1-4H2,(H,6,7)(H,8,9). The van der Waals surface area contributed by atoms with Crippen molar-refractivity contribution in [2.24, 2.45) is 5.73 Å². The molecule has 0 saturated heterocycles. The summed E-state index contributed by atoms with van der Waals surface area (Å²) in [7, 11) is -9.47. The van der Waals surface area contributed by atoms with E-state index in [1.807, 2.05) is 0 Å². The van der Waals surface area contributed by atoms with Gasteiger partial charge in [0.2, 0.25) is 0 Å². The maximum absolute atomic E-state index is 10.8. The lowest BCUT2D eigenvalue weighted by Crippen LogP contribution is -2.08. The molecule has 0 heterocycles. The minimum absolute atomic E-state index is 0.0650. The van der Waals surface area contributed by atoms with Crippen molar-refractivity contribution in [3.8, 4) is 0 Å². The molecule has 0 spiro atoms. The lowest BCUT2D eigenvalue weighted by atomic mass is 10.8. The highest BCUT2D eigenvalue weighted by atomic mass is 31.3. The maximum atomic E-state index is 10.8. The summed E-state index contributed by atoms with van der Waals surface area (Å²) in [6.45, 7) is -1.53. The molecule has 0 rings (SSSR count). The predicted molar refractivity (Wildman–Crippen MR) is 43.9 cm³/mol. The van der Waals surface area contributed by atoms with Crippen molar-refractivity contribution in [1.29, 1.82) is 0 Å². The molecule has 0 amide bonds. The number of hydrogen-bond acceptors (Lipinski definition) is 7. The zero-order valence-electron chi connectivity index (χ0n) is 6.98. The molecule has 0 aliphatic carbocycles. The molecule has 2 atom stereocenters. The Hall–Kier alpha value is 0.180. The number of aliphatic hydroxyl groups excluding tert-OH is 1. The first-order chi connectivity index (χ1) is 6.33. The van der Waals surface area contributed by atoms with Crippen molar-refractivity contribution in [2.75, 3.05) is 19.9 Å². The van der Waals surface area contributed by atoms with Gasteiger partial charge in [0, 0.05) is 6.54 Å². The molecule has 9 nitrogen and oxygen atoms in total. The molecule has 0 aromatic heterocycles. The molecular weight excluding hydrogens is 240 g/mol. The van der Waals surface area contributed by atoms with Gasteiger partial charge in [-0.05, 0) is 0 Å². The summed E-state index contributed by atoms with van der Waals surface area (Å²) >= 11 is 0. The van der Waals surface area contributed by atoms with E-state index in [4.69, 9.17) is 20.6 Å². The average Bonchev–Trinajstić information content (AvgIpc) is 1.98. The highest BCUT2D eigenvalue weighted by molar-refractivity contribution is 7.61. The number of phosphoric acid groups is 2. The SMILES string of the molecule is NCCOP(=O)(O)OP(=O)(O)OCO. The van der Waals surface area contributed by atoms with E-state index in [0.717, 1.165) is 0 Å². The molecule has 5 N–H and O–H groups in total. The molecule has 86 valence electrons. The van der Waals surface area contributed by atoms with Crippen LogP contribution in [0.5, 0.6) is 0 Å². The van der Waals surface area contributed by atoms with Gasteiger partial charge in [-0.2, -0.15) is 4.31 Å². The first-order valence-corrected chi connectivity index (χ1v) is 6.29. The summed E-state index contributed by atoms with van der Waals surface area (Å²) in [6.07, 6.45) is 0. The molecule has 0 aromatic rings. The summed E-state index contributed by atoms with van der Waals surface area (Å²) in [6, 6.07) is 0. The molecule has 0 bridgehead atoms. The van der Waals surface area contributed by atoms with Gasteiger partial charge < -0.3 is 20.6 Å².